The lowest BCUT2D eigenvalue weighted by Gasteiger charge is -2.40. The van der Waals surface area contributed by atoms with Crippen molar-refractivity contribution in [1.82, 2.24) is 9.80 Å². The van der Waals surface area contributed by atoms with E-state index in [0.29, 0.717) is 12.5 Å². The van der Waals surface area contributed by atoms with E-state index in [2.05, 4.69) is 30.7 Å². The van der Waals surface area contributed by atoms with Gasteiger partial charge in [-0.15, -0.1) is 0 Å². The largest absolute Gasteiger partial charge is 0.303 e. The van der Waals surface area contributed by atoms with Crippen LogP contribution in [0.4, 0.5) is 0 Å². The molecule has 1 aliphatic rings. The molecule has 0 N–H and O–H groups in total. The van der Waals surface area contributed by atoms with E-state index in [1.54, 1.807) is 0 Å². The molecular weight excluding hydrogens is 188 g/mol. The van der Waals surface area contributed by atoms with Crippen molar-refractivity contribution in [2.75, 3.05) is 33.2 Å². The maximum Gasteiger partial charge on any atom is 0.121 e. The zero-order valence-electron chi connectivity index (χ0n) is 10.3. The standard InChI is InChI=1S/C12H24N2O/c1-11(2)9-12-10-14(5-4-8-15)7-6-13(12)3/h8,11-12H,4-7,9-10H2,1-3H3. The number of hydrogen-bond donors (Lipinski definition) is 0. The molecule has 15 heavy (non-hydrogen) atoms. The molecule has 0 spiro atoms. The fraction of sp³-hybridized carbons (Fsp3) is 0.917. The molecule has 3 nitrogen and oxygen atoms in total. The van der Waals surface area contributed by atoms with Gasteiger partial charge in [-0.05, 0) is 19.4 Å². The highest BCUT2D eigenvalue weighted by atomic mass is 16.1. The van der Waals surface area contributed by atoms with E-state index < -0.39 is 0 Å². The number of carbonyl (C=O) groups is 1. The Balaban J connectivity index is 2.37. The number of carbonyl (C=O) groups excluding carboxylic acids is 1. The Labute approximate surface area is 93.4 Å². The molecule has 0 bridgehead atoms. The van der Waals surface area contributed by atoms with Crippen LogP contribution in [0.15, 0.2) is 0 Å². The maximum absolute atomic E-state index is 10.3. The Bertz CT molecular complexity index is 194. The Morgan fingerprint density at radius 2 is 2.13 bits per heavy atom. The van der Waals surface area contributed by atoms with Gasteiger partial charge in [-0.2, -0.15) is 0 Å². The van der Waals surface area contributed by atoms with Crippen LogP contribution < -0.4 is 0 Å². The molecule has 0 radical (unpaired) electrons. The molecule has 1 rings (SSSR count). The Morgan fingerprint density at radius 3 is 2.73 bits per heavy atom. The average Bonchev–Trinajstić information content (AvgIpc) is 2.18. The van der Waals surface area contributed by atoms with E-state index >= 15 is 0 Å². The summed E-state index contributed by atoms with van der Waals surface area (Å²) in [5.41, 5.74) is 0. The smallest absolute Gasteiger partial charge is 0.121 e. The molecule has 0 aromatic heterocycles. The minimum absolute atomic E-state index is 0.672. The summed E-state index contributed by atoms with van der Waals surface area (Å²) < 4.78 is 0. The van der Waals surface area contributed by atoms with Gasteiger partial charge in [-0.3, -0.25) is 0 Å². The quantitative estimate of drug-likeness (QED) is 0.641. The van der Waals surface area contributed by atoms with Crippen LogP contribution in [-0.2, 0) is 4.79 Å². The summed E-state index contributed by atoms with van der Waals surface area (Å²) >= 11 is 0. The molecule has 0 amide bonds. The topological polar surface area (TPSA) is 23.6 Å². The lowest BCUT2D eigenvalue weighted by Crippen LogP contribution is -2.51. The molecular formula is C12H24N2O. The Kier molecular flexibility index (Phi) is 5.26. The monoisotopic (exact) mass is 212 g/mol. The zero-order chi connectivity index (χ0) is 11.3. The highest BCUT2D eigenvalue weighted by Crippen LogP contribution is 2.15. The summed E-state index contributed by atoms with van der Waals surface area (Å²) in [6, 6.07) is 0.672. The predicted octanol–water partition coefficient (Wildman–Crippen LogP) is 1.24. The predicted molar refractivity (Wildman–Crippen MR) is 63.0 cm³/mol. The van der Waals surface area contributed by atoms with Crippen molar-refractivity contribution in [2.45, 2.75) is 32.7 Å². The lowest BCUT2D eigenvalue weighted by molar-refractivity contribution is -0.108. The SMILES string of the molecule is CC(C)CC1CN(CCC=O)CCN1C. The van der Waals surface area contributed by atoms with Crippen LogP contribution >= 0.6 is 0 Å². The molecule has 1 unspecified atom stereocenters. The Morgan fingerprint density at radius 1 is 1.40 bits per heavy atom. The molecule has 0 aliphatic carbocycles. The number of rotatable bonds is 5. The molecule has 1 atom stereocenters. The minimum atomic E-state index is 0.672. The molecule has 0 aromatic rings. The number of aldehydes is 1. The normalized spacial score (nSPS) is 24.7. The number of hydrogen-bond acceptors (Lipinski definition) is 3. The van der Waals surface area contributed by atoms with Crippen LogP contribution in [0.3, 0.4) is 0 Å². The molecule has 1 saturated heterocycles. The number of likely N-dealkylation sites (N-methyl/N-ethyl adjacent to an activating group) is 1. The van der Waals surface area contributed by atoms with Crippen LogP contribution in [0.2, 0.25) is 0 Å². The maximum atomic E-state index is 10.3. The first kappa shape index (κ1) is 12.7. The van der Waals surface area contributed by atoms with Gasteiger partial charge in [0.25, 0.3) is 0 Å². The highest BCUT2D eigenvalue weighted by Gasteiger charge is 2.24. The number of piperazine rings is 1. The summed E-state index contributed by atoms with van der Waals surface area (Å²) in [5.74, 6) is 0.753. The Hall–Kier alpha value is -0.410. The second kappa shape index (κ2) is 6.23. The van der Waals surface area contributed by atoms with Crippen molar-refractivity contribution >= 4 is 6.29 Å². The summed E-state index contributed by atoms with van der Waals surface area (Å²) in [5, 5.41) is 0. The van der Waals surface area contributed by atoms with Crippen molar-refractivity contribution in [3.63, 3.8) is 0 Å². The van der Waals surface area contributed by atoms with Gasteiger partial charge < -0.3 is 14.6 Å². The molecule has 1 fully saturated rings. The van der Waals surface area contributed by atoms with Crippen molar-refractivity contribution < 1.29 is 4.79 Å². The van der Waals surface area contributed by atoms with E-state index in [4.69, 9.17) is 0 Å². The highest BCUT2D eigenvalue weighted by molar-refractivity contribution is 5.49. The fourth-order valence-electron chi connectivity index (χ4n) is 2.25. The van der Waals surface area contributed by atoms with Gasteiger partial charge in [0.2, 0.25) is 0 Å². The van der Waals surface area contributed by atoms with E-state index in [1.165, 1.54) is 6.42 Å². The van der Waals surface area contributed by atoms with Crippen molar-refractivity contribution in [1.29, 1.82) is 0 Å². The van der Waals surface area contributed by atoms with Gasteiger partial charge in [0, 0.05) is 38.6 Å². The fourth-order valence-corrected chi connectivity index (χ4v) is 2.25. The van der Waals surface area contributed by atoms with Crippen molar-refractivity contribution in [3.05, 3.63) is 0 Å². The van der Waals surface area contributed by atoms with Crippen LogP contribution in [0.1, 0.15) is 26.7 Å². The minimum Gasteiger partial charge on any atom is -0.303 e. The zero-order valence-corrected chi connectivity index (χ0v) is 10.3. The molecule has 1 heterocycles. The van der Waals surface area contributed by atoms with E-state index in [1.807, 2.05) is 0 Å². The van der Waals surface area contributed by atoms with E-state index in [-0.39, 0.29) is 0 Å². The second-order valence-electron chi connectivity index (χ2n) is 5.02. The van der Waals surface area contributed by atoms with Gasteiger partial charge in [0.15, 0.2) is 0 Å². The third kappa shape index (κ3) is 4.31. The summed E-state index contributed by atoms with van der Waals surface area (Å²) in [6.07, 6.45) is 2.96. The molecule has 0 saturated carbocycles. The first-order valence-electron chi connectivity index (χ1n) is 5.99. The lowest BCUT2D eigenvalue weighted by atomic mass is 10.0. The molecule has 88 valence electrons. The van der Waals surface area contributed by atoms with E-state index in [9.17, 15) is 4.79 Å². The molecule has 1 aliphatic heterocycles. The van der Waals surface area contributed by atoms with Gasteiger partial charge in [0.1, 0.15) is 6.29 Å². The van der Waals surface area contributed by atoms with Gasteiger partial charge in [0.05, 0.1) is 0 Å². The average molecular weight is 212 g/mol. The van der Waals surface area contributed by atoms with Crippen LogP contribution in [0, 0.1) is 5.92 Å². The number of nitrogens with zero attached hydrogens (tertiary/aromatic N) is 2. The first-order valence-corrected chi connectivity index (χ1v) is 5.99. The first-order chi connectivity index (χ1) is 7.13. The van der Waals surface area contributed by atoms with Gasteiger partial charge in [-0.1, -0.05) is 13.8 Å². The third-order valence-corrected chi connectivity index (χ3v) is 3.17. The van der Waals surface area contributed by atoms with Gasteiger partial charge in [-0.25, -0.2) is 0 Å². The van der Waals surface area contributed by atoms with E-state index in [0.717, 1.165) is 38.4 Å². The van der Waals surface area contributed by atoms with Crippen LogP contribution in [-0.4, -0.2) is 55.4 Å². The van der Waals surface area contributed by atoms with Crippen molar-refractivity contribution in [3.8, 4) is 0 Å². The van der Waals surface area contributed by atoms with Crippen LogP contribution in [0.25, 0.3) is 0 Å². The molecule has 0 aromatic carbocycles. The third-order valence-electron chi connectivity index (χ3n) is 3.17. The molecule has 3 heteroatoms. The van der Waals surface area contributed by atoms with Gasteiger partial charge >= 0.3 is 0 Å². The van der Waals surface area contributed by atoms with Crippen molar-refractivity contribution in [2.24, 2.45) is 5.92 Å². The second-order valence-corrected chi connectivity index (χ2v) is 5.02. The summed E-state index contributed by atoms with van der Waals surface area (Å²) in [6.45, 7) is 8.86. The van der Waals surface area contributed by atoms with Crippen LogP contribution in [0.5, 0.6) is 0 Å². The summed E-state index contributed by atoms with van der Waals surface area (Å²) in [7, 11) is 2.21. The summed E-state index contributed by atoms with van der Waals surface area (Å²) in [4.78, 5) is 15.2.